The largest absolute Gasteiger partial charge is 0.493 e. The Morgan fingerprint density at radius 2 is 2.00 bits per heavy atom. The summed E-state index contributed by atoms with van der Waals surface area (Å²) in [6, 6.07) is 3.76. The van der Waals surface area contributed by atoms with Gasteiger partial charge in [0.2, 0.25) is 0 Å². The third-order valence-electron chi connectivity index (χ3n) is 3.61. The van der Waals surface area contributed by atoms with E-state index >= 15 is 0 Å². The molecule has 1 saturated heterocycles. The van der Waals surface area contributed by atoms with Gasteiger partial charge in [0.05, 0.1) is 14.2 Å². The molecule has 1 aromatic rings. The first-order valence-corrected chi connectivity index (χ1v) is 6.90. The van der Waals surface area contributed by atoms with E-state index in [0.717, 1.165) is 31.5 Å². The van der Waals surface area contributed by atoms with E-state index in [1.807, 2.05) is 13.0 Å². The normalized spacial score (nSPS) is 18.4. The topological polar surface area (TPSA) is 59.6 Å². The molecule has 1 aromatic carbocycles. The molecule has 0 saturated carbocycles. The maximum absolute atomic E-state index is 12.4. The molecule has 1 unspecified atom stereocenters. The Morgan fingerprint density at radius 3 is 2.60 bits per heavy atom. The number of benzene rings is 1. The zero-order valence-electron chi connectivity index (χ0n) is 12.3. The Morgan fingerprint density at radius 1 is 1.30 bits per heavy atom. The number of ether oxygens (including phenoxy) is 2. The molecule has 0 spiro atoms. The first-order chi connectivity index (χ1) is 9.65. The first-order valence-electron chi connectivity index (χ1n) is 6.90. The van der Waals surface area contributed by atoms with Crippen molar-refractivity contribution in [1.82, 2.24) is 10.6 Å². The lowest BCUT2D eigenvalue weighted by atomic mass is 10.0. The molecule has 2 rings (SSSR count). The number of methoxy groups -OCH3 is 2. The van der Waals surface area contributed by atoms with Crippen LogP contribution >= 0.6 is 0 Å². The van der Waals surface area contributed by atoms with Crippen molar-refractivity contribution in [3.63, 3.8) is 0 Å². The van der Waals surface area contributed by atoms with Crippen LogP contribution in [0.1, 0.15) is 28.8 Å². The summed E-state index contributed by atoms with van der Waals surface area (Å²) in [5, 5.41) is 6.35. The zero-order chi connectivity index (χ0) is 14.5. The molecule has 1 heterocycles. The average Bonchev–Trinajstić information content (AvgIpc) is 2.47. The number of hydrogen-bond acceptors (Lipinski definition) is 4. The standard InChI is InChI=1S/C15H22N2O3/c1-10-7-13(19-2)14(20-3)8-12(10)15(18)17-11-5-4-6-16-9-11/h7-8,11,16H,4-6,9H2,1-3H3,(H,17,18). The minimum absolute atomic E-state index is 0.0582. The van der Waals surface area contributed by atoms with Gasteiger partial charge in [-0.1, -0.05) is 0 Å². The van der Waals surface area contributed by atoms with Gasteiger partial charge in [-0.2, -0.15) is 0 Å². The minimum Gasteiger partial charge on any atom is -0.493 e. The molecule has 5 nitrogen and oxygen atoms in total. The summed E-state index contributed by atoms with van der Waals surface area (Å²) in [4.78, 5) is 12.4. The summed E-state index contributed by atoms with van der Waals surface area (Å²) in [7, 11) is 3.16. The zero-order valence-corrected chi connectivity index (χ0v) is 12.3. The van der Waals surface area contributed by atoms with Crippen molar-refractivity contribution in [2.45, 2.75) is 25.8 Å². The van der Waals surface area contributed by atoms with E-state index in [2.05, 4.69) is 10.6 Å². The van der Waals surface area contributed by atoms with Crippen LogP contribution in [0, 0.1) is 6.92 Å². The van der Waals surface area contributed by atoms with Crippen LogP contribution in [0.2, 0.25) is 0 Å². The number of piperidine rings is 1. The third-order valence-corrected chi connectivity index (χ3v) is 3.61. The molecule has 20 heavy (non-hydrogen) atoms. The van der Waals surface area contributed by atoms with Gasteiger partial charge in [-0.25, -0.2) is 0 Å². The number of hydrogen-bond donors (Lipinski definition) is 2. The molecule has 1 aliphatic rings. The first kappa shape index (κ1) is 14.7. The molecule has 5 heteroatoms. The van der Waals surface area contributed by atoms with Gasteiger partial charge in [-0.3, -0.25) is 4.79 Å². The van der Waals surface area contributed by atoms with E-state index in [1.54, 1.807) is 20.3 Å². The van der Waals surface area contributed by atoms with Crippen molar-refractivity contribution in [3.05, 3.63) is 23.3 Å². The van der Waals surface area contributed by atoms with Crippen LogP contribution < -0.4 is 20.1 Å². The van der Waals surface area contributed by atoms with Crippen molar-refractivity contribution in [1.29, 1.82) is 0 Å². The van der Waals surface area contributed by atoms with E-state index in [9.17, 15) is 4.79 Å². The number of aryl methyl sites for hydroxylation is 1. The van der Waals surface area contributed by atoms with Gasteiger partial charge in [-0.05, 0) is 44.0 Å². The highest BCUT2D eigenvalue weighted by atomic mass is 16.5. The molecule has 1 fully saturated rings. The molecular formula is C15H22N2O3. The minimum atomic E-state index is -0.0582. The quantitative estimate of drug-likeness (QED) is 0.876. The molecule has 1 aliphatic heterocycles. The number of carbonyl (C=O) groups is 1. The summed E-state index contributed by atoms with van der Waals surface area (Å²) in [5.74, 6) is 1.16. The second kappa shape index (κ2) is 6.61. The Kier molecular flexibility index (Phi) is 4.84. The SMILES string of the molecule is COc1cc(C)c(C(=O)NC2CCCNC2)cc1OC. The van der Waals surface area contributed by atoms with Gasteiger partial charge >= 0.3 is 0 Å². The maximum atomic E-state index is 12.4. The van der Waals surface area contributed by atoms with Gasteiger partial charge in [0.15, 0.2) is 11.5 Å². The number of rotatable bonds is 4. The van der Waals surface area contributed by atoms with Crippen molar-refractivity contribution < 1.29 is 14.3 Å². The number of amides is 1. The smallest absolute Gasteiger partial charge is 0.251 e. The number of carbonyl (C=O) groups excluding carboxylic acids is 1. The fourth-order valence-corrected chi connectivity index (χ4v) is 2.46. The molecule has 1 amide bonds. The van der Waals surface area contributed by atoms with E-state index < -0.39 is 0 Å². The lowest BCUT2D eigenvalue weighted by Gasteiger charge is -2.24. The van der Waals surface area contributed by atoms with Gasteiger partial charge in [0, 0.05) is 18.2 Å². The van der Waals surface area contributed by atoms with Crippen LogP contribution in [0.4, 0.5) is 0 Å². The predicted molar refractivity (Wildman–Crippen MR) is 77.6 cm³/mol. The van der Waals surface area contributed by atoms with Crippen LogP contribution in [0.5, 0.6) is 11.5 Å². The van der Waals surface area contributed by atoms with Gasteiger partial charge in [-0.15, -0.1) is 0 Å². The predicted octanol–water partition coefficient (Wildman–Crippen LogP) is 1.49. The highest BCUT2D eigenvalue weighted by molar-refractivity contribution is 5.96. The maximum Gasteiger partial charge on any atom is 0.251 e. The molecule has 2 N–H and O–H groups in total. The van der Waals surface area contributed by atoms with E-state index in [1.165, 1.54) is 0 Å². The summed E-state index contributed by atoms with van der Waals surface area (Å²) < 4.78 is 10.5. The molecule has 0 radical (unpaired) electrons. The summed E-state index contributed by atoms with van der Waals surface area (Å²) in [6.07, 6.45) is 2.11. The van der Waals surface area contributed by atoms with Crippen LogP contribution in [-0.4, -0.2) is 39.3 Å². The van der Waals surface area contributed by atoms with E-state index in [4.69, 9.17) is 9.47 Å². The fraction of sp³-hybridized carbons (Fsp3) is 0.533. The van der Waals surface area contributed by atoms with E-state index in [0.29, 0.717) is 17.1 Å². The van der Waals surface area contributed by atoms with Crippen LogP contribution in [0.25, 0.3) is 0 Å². The van der Waals surface area contributed by atoms with Gasteiger partial charge in [0.1, 0.15) is 0 Å². The van der Waals surface area contributed by atoms with Gasteiger partial charge < -0.3 is 20.1 Å². The fourth-order valence-electron chi connectivity index (χ4n) is 2.46. The lowest BCUT2D eigenvalue weighted by Crippen LogP contribution is -2.45. The summed E-state index contributed by atoms with van der Waals surface area (Å²) >= 11 is 0. The van der Waals surface area contributed by atoms with Crippen molar-refractivity contribution in [3.8, 4) is 11.5 Å². The molecule has 110 valence electrons. The summed E-state index contributed by atoms with van der Waals surface area (Å²) in [5.41, 5.74) is 1.51. The summed E-state index contributed by atoms with van der Waals surface area (Å²) in [6.45, 7) is 3.76. The Bertz CT molecular complexity index is 482. The number of nitrogens with one attached hydrogen (secondary N) is 2. The highest BCUT2D eigenvalue weighted by Gasteiger charge is 2.19. The van der Waals surface area contributed by atoms with Crippen molar-refractivity contribution in [2.24, 2.45) is 0 Å². The second-order valence-corrected chi connectivity index (χ2v) is 5.04. The van der Waals surface area contributed by atoms with Crippen LogP contribution in [-0.2, 0) is 0 Å². The average molecular weight is 278 g/mol. The molecular weight excluding hydrogens is 256 g/mol. The molecule has 0 aromatic heterocycles. The van der Waals surface area contributed by atoms with Gasteiger partial charge in [0.25, 0.3) is 5.91 Å². The third kappa shape index (κ3) is 3.22. The van der Waals surface area contributed by atoms with Crippen molar-refractivity contribution in [2.75, 3.05) is 27.3 Å². The molecule has 0 bridgehead atoms. The van der Waals surface area contributed by atoms with E-state index in [-0.39, 0.29) is 11.9 Å². The Balaban J connectivity index is 2.16. The van der Waals surface area contributed by atoms with Crippen LogP contribution in [0.3, 0.4) is 0 Å². The second-order valence-electron chi connectivity index (χ2n) is 5.04. The lowest BCUT2D eigenvalue weighted by molar-refractivity contribution is 0.0929. The Labute approximate surface area is 119 Å². The Hall–Kier alpha value is -1.75. The monoisotopic (exact) mass is 278 g/mol. The molecule has 0 aliphatic carbocycles. The highest BCUT2D eigenvalue weighted by Crippen LogP contribution is 2.30. The van der Waals surface area contributed by atoms with Crippen LogP contribution in [0.15, 0.2) is 12.1 Å². The van der Waals surface area contributed by atoms with Crippen molar-refractivity contribution >= 4 is 5.91 Å². The molecule has 1 atom stereocenters.